The van der Waals surface area contributed by atoms with E-state index in [0.29, 0.717) is 11.2 Å². The fraction of sp³-hybridized carbons (Fsp3) is 0.538. The summed E-state index contributed by atoms with van der Waals surface area (Å²) in [6, 6.07) is 2.27. The number of rotatable bonds is 4. The number of hydrogen-bond donors (Lipinski definition) is 1. The van der Waals surface area contributed by atoms with E-state index in [4.69, 9.17) is 0 Å². The minimum Gasteiger partial charge on any atom is -0.352 e. The molecule has 2 aromatic rings. The number of carbonyl (C=O) groups excluding carboxylic acids is 1. The van der Waals surface area contributed by atoms with Crippen LogP contribution in [0.3, 0.4) is 0 Å². The molecule has 0 saturated heterocycles. The molecule has 0 bridgehead atoms. The van der Waals surface area contributed by atoms with Gasteiger partial charge in [0, 0.05) is 17.8 Å². The lowest BCUT2D eigenvalue weighted by molar-refractivity contribution is -0.120. The molecule has 0 unspecified atom stereocenters. The summed E-state index contributed by atoms with van der Waals surface area (Å²) >= 11 is 1.41. The van der Waals surface area contributed by atoms with E-state index in [9.17, 15) is 4.79 Å². The molecule has 0 radical (unpaired) electrons. The van der Waals surface area contributed by atoms with Crippen LogP contribution in [0.2, 0.25) is 0 Å². The quantitative estimate of drug-likeness (QED) is 0.864. The van der Waals surface area contributed by atoms with Crippen LogP contribution in [0.1, 0.15) is 31.3 Å². The van der Waals surface area contributed by atoms with Crippen LogP contribution in [0.4, 0.5) is 0 Å². The highest BCUT2D eigenvalue weighted by Gasteiger charge is 2.27. The Balaban J connectivity index is 1.81. The normalized spacial score (nSPS) is 16.4. The zero-order chi connectivity index (χ0) is 14.3. The van der Waals surface area contributed by atoms with Crippen molar-refractivity contribution in [2.75, 3.05) is 0 Å². The maximum atomic E-state index is 12.0. The standard InChI is InChI=1S/C13H17N5OS/c1-7-6-11-16-17-13(18(11)9(3)14-7)20-8(2)12(19)15-10-4-5-10/h6,8,10H,4-5H2,1-3H3,(H,15,19)/t8-/m1/s1. The first-order chi connectivity index (χ1) is 9.54. The largest absolute Gasteiger partial charge is 0.352 e. The van der Waals surface area contributed by atoms with Crippen molar-refractivity contribution in [3.05, 3.63) is 17.6 Å². The fourth-order valence-corrected chi connectivity index (χ4v) is 2.95. The van der Waals surface area contributed by atoms with Crippen LogP contribution in [0.25, 0.3) is 5.65 Å². The van der Waals surface area contributed by atoms with E-state index < -0.39 is 0 Å². The number of thioether (sulfide) groups is 1. The monoisotopic (exact) mass is 291 g/mol. The molecule has 1 fully saturated rings. The van der Waals surface area contributed by atoms with Gasteiger partial charge in [-0.15, -0.1) is 10.2 Å². The van der Waals surface area contributed by atoms with Gasteiger partial charge >= 0.3 is 0 Å². The molecule has 1 atom stereocenters. The number of nitrogens with zero attached hydrogens (tertiary/aromatic N) is 4. The lowest BCUT2D eigenvalue weighted by Gasteiger charge is -2.10. The van der Waals surface area contributed by atoms with Crippen molar-refractivity contribution >= 4 is 23.3 Å². The smallest absolute Gasteiger partial charge is 0.233 e. The van der Waals surface area contributed by atoms with Crippen LogP contribution in [-0.2, 0) is 4.79 Å². The van der Waals surface area contributed by atoms with Crippen LogP contribution in [0.15, 0.2) is 11.2 Å². The molecular weight excluding hydrogens is 274 g/mol. The predicted octanol–water partition coefficient (Wildman–Crippen LogP) is 1.50. The van der Waals surface area contributed by atoms with E-state index in [1.165, 1.54) is 11.8 Å². The molecule has 1 saturated carbocycles. The Morgan fingerprint density at radius 2 is 2.20 bits per heavy atom. The van der Waals surface area contributed by atoms with Gasteiger partial charge in [-0.2, -0.15) is 0 Å². The molecule has 0 aliphatic heterocycles. The molecule has 0 aromatic carbocycles. The second kappa shape index (κ2) is 5.05. The van der Waals surface area contributed by atoms with Gasteiger partial charge in [-0.3, -0.25) is 9.20 Å². The van der Waals surface area contributed by atoms with Crippen molar-refractivity contribution in [2.45, 2.75) is 50.1 Å². The Labute approximate surface area is 121 Å². The summed E-state index contributed by atoms with van der Waals surface area (Å²) in [5.74, 6) is 0.897. The first-order valence-electron chi connectivity index (χ1n) is 6.71. The molecule has 6 nitrogen and oxygen atoms in total. The minimum absolute atomic E-state index is 0.0620. The summed E-state index contributed by atoms with van der Waals surface area (Å²) in [6.45, 7) is 5.74. The van der Waals surface area contributed by atoms with Gasteiger partial charge in [-0.05, 0) is 33.6 Å². The van der Waals surface area contributed by atoms with Gasteiger partial charge in [0.25, 0.3) is 0 Å². The average molecular weight is 291 g/mol. The minimum atomic E-state index is -0.191. The molecule has 3 rings (SSSR count). The number of fused-ring (bicyclic) bond motifs is 1. The van der Waals surface area contributed by atoms with E-state index in [1.807, 2.05) is 31.2 Å². The predicted molar refractivity (Wildman–Crippen MR) is 76.7 cm³/mol. The first kappa shape index (κ1) is 13.4. The van der Waals surface area contributed by atoms with Crippen LogP contribution in [0.5, 0.6) is 0 Å². The Morgan fingerprint density at radius 1 is 1.45 bits per heavy atom. The Hall–Kier alpha value is -1.63. The number of nitrogens with one attached hydrogen (secondary N) is 1. The van der Waals surface area contributed by atoms with Gasteiger partial charge in [0.2, 0.25) is 5.91 Å². The van der Waals surface area contributed by atoms with Gasteiger partial charge in [0.05, 0.1) is 5.25 Å². The summed E-state index contributed by atoms with van der Waals surface area (Å²) in [4.78, 5) is 16.4. The second-order valence-corrected chi connectivity index (χ2v) is 6.47. The Morgan fingerprint density at radius 3 is 2.90 bits per heavy atom. The van der Waals surface area contributed by atoms with Crippen LogP contribution >= 0.6 is 11.8 Å². The molecule has 2 heterocycles. The average Bonchev–Trinajstić information content (AvgIpc) is 3.10. The van der Waals surface area contributed by atoms with Crippen molar-refractivity contribution in [3.8, 4) is 0 Å². The Bertz CT molecular complexity index is 664. The third-order valence-corrected chi connectivity index (χ3v) is 4.28. The maximum absolute atomic E-state index is 12.0. The van der Waals surface area contributed by atoms with Gasteiger partial charge in [0.1, 0.15) is 5.82 Å². The maximum Gasteiger partial charge on any atom is 0.233 e. The molecule has 2 aromatic heterocycles. The highest BCUT2D eigenvalue weighted by Crippen LogP contribution is 2.25. The number of amides is 1. The highest BCUT2D eigenvalue weighted by atomic mass is 32.2. The number of aryl methyl sites for hydroxylation is 2. The summed E-state index contributed by atoms with van der Waals surface area (Å²) < 4.78 is 1.89. The van der Waals surface area contributed by atoms with E-state index in [2.05, 4.69) is 20.5 Å². The third kappa shape index (κ3) is 2.63. The zero-order valence-corrected chi connectivity index (χ0v) is 12.6. The SMILES string of the molecule is Cc1cc2nnc(S[C@H](C)C(=O)NC3CC3)n2c(C)n1. The van der Waals surface area contributed by atoms with Crippen LogP contribution in [0, 0.1) is 13.8 Å². The molecule has 1 aliphatic rings. The molecule has 1 N–H and O–H groups in total. The fourth-order valence-electron chi connectivity index (χ4n) is 2.04. The summed E-state index contributed by atoms with van der Waals surface area (Å²) in [5, 5.41) is 11.8. The number of aromatic nitrogens is 4. The molecule has 0 spiro atoms. The van der Waals surface area contributed by atoms with Crippen molar-refractivity contribution in [1.29, 1.82) is 0 Å². The van der Waals surface area contributed by atoms with Crippen LogP contribution < -0.4 is 5.32 Å². The molecule has 106 valence electrons. The van der Waals surface area contributed by atoms with Crippen LogP contribution in [-0.4, -0.2) is 36.8 Å². The van der Waals surface area contributed by atoms with E-state index in [0.717, 1.165) is 30.0 Å². The summed E-state index contributed by atoms with van der Waals surface area (Å²) in [6.07, 6.45) is 2.19. The molecule has 7 heteroatoms. The number of carbonyl (C=O) groups is 1. The van der Waals surface area contributed by atoms with Gasteiger partial charge < -0.3 is 5.32 Å². The molecular formula is C13H17N5OS. The lowest BCUT2D eigenvalue weighted by atomic mass is 10.4. The van der Waals surface area contributed by atoms with Crippen molar-refractivity contribution in [3.63, 3.8) is 0 Å². The summed E-state index contributed by atoms with van der Waals surface area (Å²) in [5.41, 5.74) is 1.69. The molecule has 1 amide bonds. The van der Waals surface area contributed by atoms with E-state index in [1.54, 1.807) is 0 Å². The van der Waals surface area contributed by atoms with E-state index in [-0.39, 0.29) is 11.2 Å². The topological polar surface area (TPSA) is 72.2 Å². The van der Waals surface area contributed by atoms with E-state index >= 15 is 0 Å². The van der Waals surface area contributed by atoms with Gasteiger partial charge in [-0.1, -0.05) is 11.8 Å². The second-order valence-electron chi connectivity index (χ2n) is 5.16. The molecule has 20 heavy (non-hydrogen) atoms. The van der Waals surface area contributed by atoms with Gasteiger partial charge in [-0.25, -0.2) is 4.98 Å². The number of hydrogen-bond acceptors (Lipinski definition) is 5. The molecule has 1 aliphatic carbocycles. The summed E-state index contributed by atoms with van der Waals surface area (Å²) in [7, 11) is 0. The third-order valence-electron chi connectivity index (χ3n) is 3.23. The zero-order valence-electron chi connectivity index (χ0n) is 11.8. The van der Waals surface area contributed by atoms with Gasteiger partial charge in [0.15, 0.2) is 10.8 Å². The first-order valence-corrected chi connectivity index (χ1v) is 7.59. The highest BCUT2D eigenvalue weighted by molar-refractivity contribution is 8.00. The van der Waals surface area contributed by atoms with Crippen molar-refractivity contribution in [1.82, 2.24) is 24.9 Å². The lowest BCUT2D eigenvalue weighted by Crippen LogP contribution is -2.32. The van der Waals surface area contributed by atoms with Crippen molar-refractivity contribution < 1.29 is 4.79 Å². The van der Waals surface area contributed by atoms with Crippen molar-refractivity contribution in [2.24, 2.45) is 0 Å². The Kier molecular flexibility index (Phi) is 3.37.